The van der Waals surface area contributed by atoms with Crippen molar-refractivity contribution >= 4 is 27.5 Å². The third-order valence-corrected chi connectivity index (χ3v) is 3.38. The van der Waals surface area contributed by atoms with Crippen LogP contribution in [-0.2, 0) is 6.42 Å². The Hall–Kier alpha value is -2.02. The van der Waals surface area contributed by atoms with Gasteiger partial charge >= 0.3 is 0 Å². The van der Waals surface area contributed by atoms with E-state index in [1.54, 1.807) is 10.7 Å². The number of benzene rings is 1. The van der Waals surface area contributed by atoms with Crippen LogP contribution in [0, 0.1) is 11.6 Å². The minimum atomic E-state index is -0.569. The summed E-state index contributed by atoms with van der Waals surface area (Å²) < 4.78 is 28.7. The van der Waals surface area contributed by atoms with Gasteiger partial charge in [0.2, 0.25) is 5.95 Å². The van der Waals surface area contributed by atoms with E-state index in [0.29, 0.717) is 24.5 Å². The van der Waals surface area contributed by atoms with Crippen molar-refractivity contribution < 1.29 is 8.78 Å². The monoisotopic (exact) mass is 352 g/mol. The molecule has 4 nitrogen and oxygen atoms in total. The fourth-order valence-corrected chi connectivity index (χ4v) is 2.33. The minimum Gasteiger partial charge on any atom is -0.353 e. The average molecular weight is 353 g/mol. The van der Waals surface area contributed by atoms with Crippen LogP contribution in [0.25, 0.3) is 5.65 Å². The van der Waals surface area contributed by atoms with Crippen molar-refractivity contribution in [3.63, 3.8) is 0 Å². The highest BCUT2D eigenvalue weighted by Crippen LogP contribution is 2.12. The van der Waals surface area contributed by atoms with E-state index >= 15 is 0 Å². The molecular weight excluding hydrogens is 342 g/mol. The van der Waals surface area contributed by atoms with Gasteiger partial charge in [-0.1, -0.05) is 0 Å². The van der Waals surface area contributed by atoms with E-state index in [2.05, 4.69) is 31.3 Å². The topological polar surface area (TPSA) is 42.2 Å². The molecule has 0 radical (unpaired) electrons. The standard InChI is InChI=1S/C14H11BrF2N4/c15-10-1-2-13-19-14(20-21(13)8-10)18-4-3-9-5-11(16)7-12(17)6-9/h1-2,5-8H,3-4H2,(H,18,20). The summed E-state index contributed by atoms with van der Waals surface area (Å²) in [4.78, 5) is 4.29. The molecule has 7 heteroatoms. The summed E-state index contributed by atoms with van der Waals surface area (Å²) in [5, 5.41) is 7.29. The highest BCUT2D eigenvalue weighted by molar-refractivity contribution is 9.10. The Morgan fingerprint density at radius 1 is 1.14 bits per heavy atom. The summed E-state index contributed by atoms with van der Waals surface area (Å²) in [5.41, 5.74) is 1.31. The van der Waals surface area contributed by atoms with Gasteiger partial charge in [-0.2, -0.15) is 4.98 Å². The first-order valence-electron chi connectivity index (χ1n) is 6.31. The maximum atomic E-state index is 13.1. The highest BCUT2D eigenvalue weighted by Gasteiger charge is 2.04. The van der Waals surface area contributed by atoms with Gasteiger partial charge in [0.15, 0.2) is 5.65 Å². The molecule has 0 fully saturated rings. The predicted molar refractivity (Wildman–Crippen MR) is 79.2 cm³/mol. The Labute approximate surface area is 127 Å². The number of hydrogen-bond donors (Lipinski definition) is 1. The molecule has 0 unspecified atom stereocenters. The molecule has 1 N–H and O–H groups in total. The van der Waals surface area contributed by atoms with Crippen LogP contribution >= 0.6 is 15.9 Å². The largest absolute Gasteiger partial charge is 0.353 e. The lowest BCUT2D eigenvalue weighted by atomic mass is 10.1. The molecule has 0 saturated heterocycles. The average Bonchev–Trinajstić information content (AvgIpc) is 2.79. The fraction of sp³-hybridized carbons (Fsp3) is 0.143. The minimum absolute atomic E-state index is 0.477. The van der Waals surface area contributed by atoms with Crippen LogP contribution in [0.5, 0.6) is 0 Å². The lowest BCUT2D eigenvalue weighted by molar-refractivity contribution is 0.580. The number of anilines is 1. The summed E-state index contributed by atoms with van der Waals surface area (Å²) in [7, 11) is 0. The number of aromatic nitrogens is 3. The zero-order valence-corrected chi connectivity index (χ0v) is 12.4. The third kappa shape index (κ3) is 3.36. The van der Waals surface area contributed by atoms with Gasteiger partial charge in [0.05, 0.1) is 0 Å². The summed E-state index contributed by atoms with van der Waals surface area (Å²) in [6, 6.07) is 7.21. The van der Waals surface area contributed by atoms with Crippen LogP contribution in [0.2, 0.25) is 0 Å². The molecule has 0 spiro atoms. The second-order valence-corrected chi connectivity index (χ2v) is 5.46. The van der Waals surface area contributed by atoms with Crippen molar-refractivity contribution in [2.45, 2.75) is 6.42 Å². The molecule has 3 aromatic rings. The summed E-state index contributed by atoms with van der Waals surface area (Å²) in [5.74, 6) is -0.661. The Morgan fingerprint density at radius 2 is 1.90 bits per heavy atom. The lowest BCUT2D eigenvalue weighted by Crippen LogP contribution is -2.06. The molecule has 0 amide bonds. The number of halogens is 3. The van der Waals surface area contributed by atoms with Gasteiger partial charge < -0.3 is 5.32 Å². The van der Waals surface area contributed by atoms with Crippen molar-refractivity contribution in [3.8, 4) is 0 Å². The number of fused-ring (bicyclic) bond motifs is 1. The van der Waals surface area contributed by atoms with Gasteiger partial charge in [0, 0.05) is 23.3 Å². The summed E-state index contributed by atoms with van der Waals surface area (Å²) in [6.07, 6.45) is 2.28. The van der Waals surface area contributed by atoms with Crippen LogP contribution in [0.4, 0.5) is 14.7 Å². The van der Waals surface area contributed by atoms with Gasteiger partial charge in [-0.05, 0) is 52.2 Å². The van der Waals surface area contributed by atoms with Gasteiger partial charge in [-0.15, -0.1) is 5.10 Å². The molecule has 0 bridgehead atoms. The molecule has 108 valence electrons. The quantitative estimate of drug-likeness (QED) is 0.782. The molecule has 2 heterocycles. The second-order valence-electron chi connectivity index (χ2n) is 4.54. The zero-order valence-electron chi connectivity index (χ0n) is 10.9. The van der Waals surface area contributed by atoms with E-state index < -0.39 is 11.6 Å². The lowest BCUT2D eigenvalue weighted by Gasteiger charge is -2.03. The van der Waals surface area contributed by atoms with Crippen molar-refractivity contribution in [3.05, 3.63) is 58.2 Å². The molecule has 1 aromatic carbocycles. The van der Waals surface area contributed by atoms with Crippen molar-refractivity contribution in [1.82, 2.24) is 14.6 Å². The zero-order chi connectivity index (χ0) is 14.8. The molecule has 2 aromatic heterocycles. The number of hydrogen-bond acceptors (Lipinski definition) is 3. The van der Waals surface area contributed by atoms with Gasteiger partial charge in [-0.25, -0.2) is 13.3 Å². The number of nitrogens with one attached hydrogen (secondary N) is 1. The Morgan fingerprint density at radius 3 is 2.67 bits per heavy atom. The van der Waals surface area contributed by atoms with Crippen molar-refractivity contribution in [1.29, 1.82) is 0 Å². The molecule has 0 saturated carbocycles. The molecule has 21 heavy (non-hydrogen) atoms. The van der Waals surface area contributed by atoms with Gasteiger partial charge in [-0.3, -0.25) is 0 Å². The fourth-order valence-electron chi connectivity index (χ4n) is 2.01. The number of rotatable bonds is 4. The van der Waals surface area contributed by atoms with Crippen molar-refractivity contribution in [2.24, 2.45) is 0 Å². The predicted octanol–water partition coefficient (Wildman–Crippen LogP) is 3.42. The van der Waals surface area contributed by atoms with E-state index in [-0.39, 0.29) is 0 Å². The Kier molecular flexibility index (Phi) is 3.83. The van der Waals surface area contributed by atoms with E-state index in [1.807, 2.05) is 12.1 Å². The van der Waals surface area contributed by atoms with Gasteiger partial charge in [0.1, 0.15) is 11.6 Å². The summed E-state index contributed by atoms with van der Waals surface area (Å²) >= 11 is 3.36. The highest BCUT2D eigenvalue weighted by atomic mass is 79.9. The molecule has 0 aliphatic heterocycles. The molecular formula is C14H11BrF2N4. The normalized spacial score (nSPS) is 11.0. The number of nitrogens with zero attached hydrogens (tertiary/aromatic N) is 3. The first-order valence-corrected chi connectivity index (χ1v) is 7.10. The van der Waals surface area contributed by atoms with Crippen LogP contribution in [-0.4, -0.2) is 21.1 Å². The Balaban J connectivity index is 1.66. The van der Waals surface area contributed by atoms with E-state index in [0.717, 1.165) is 16.2 Å². The first-order chi connectivity index (χ1) is 10.1. The third-order valence-electron chi connectivity index (χ3n) is 2.91. The number of pyridine rings is 1. The van der Waals surface area contributed by atoms with Crippen LogP contribution in [0.3, 0.4) is 0 Å². The Bertz CT molecular complexity index is 767. The van der Waals surface area contributed by atoms with E-state index in [1.165, 1.54) is 12.1 Å². The first kappa shape index (κ1) is 13.9. The van der Waals surface area contributed by atoms with Crippen molar-refractivity contribution in [2.75, 3.05) is 11.9 Å². The molecule has 0 aliphatic carbocycles. The van der Waals surface area contributed by atoms with Crippen LogP contribution in [0.15, 0.2) is 41.0 Å². The van der Waals surface area contributed by atoms with Gasteiger partial charge in [0.25, 0.3) is 0 Å². The SMILES string of the molecule is Fc1cc(F)cc(CCNc2nc3ccc(Br)cn3n2)c1. The maximum Gasteiger partial charge on any atom is 0.243 e. The molecule has 3 rings (SSSR count). The molecule has 0 aliphatic rings. The van der Waals surface area contributed by atoms with E-state index in [9.17, 15) is 8.78 Å². The summed E-state index contributed by atoms with van der Waals surface area (Å²) in [6.45, 7) is 0.487. The van der Waals surface area contributed by atoms with Crippen LogP contribution in [0.1, 0.15) is 5.56 Å². The van der Waals surface area contributed by atoms with Crippen LogP contribution < -0.4 is 5.32 Å². The molecule has 0 atom stereocenters. The maximum absolute atomic E-state index is 13.1. The smallest absolute Gasteiger partial charge is 0.243 e. The second kappa shape index (κ2) is 5.77. The van der Waals surface area contributed by atoms with E-state index in [4.69, 9.17) is 0 Å².